The summed E-state index contributed by atoms with van der Waals surface area (Å²) in [5.74, 6) is -0.0647. The van der Waals surface area contributed by atoms with Gasteiger partial charge in [0.25, 0.3) is 0 Å². The topological polar surface area (TPSA) is 26.3 Å². The molecule has 2 nitrogen and oxygen atoms in total. The zero-order valence-electron chi connectivity index (χ0n) is 27.1. The van der Waals surface area contributed by atoms with Gasteiger partial charge in [0.1, 0.15) is 6.61 Å². The first-order valence-corrected chi connectivity index (χ1v) is 16.1. The minimum atomic E-state index is -0.0647. The van der Waals surface area contributed by atoms with Gasteiger partial charge in [0.05, 0.1) is 0 Å². The lowest BCUT2D eigenvalue weighted by molar-refractivity contribution is -0.142. The van der Waals surface area contributed by atoms with Gasteiger partial charge in [0, 0.05) is 6.42 Å². The second-order valence-electron chi connectivity index (χ2n) is 11.3. The molecule has 0 aliphatic rings. The van der Waals surface area contributed by atoms with E-state index in [1.807, 2.05) is 0 Å². The molecule has 0 N–H and O–H groups in total. The van der Waals surface area contributed by atoms with Crippen LogP contribution >= 0.6 is 0 Å². The number of rotatable bonds is 24. The monoisotopic (exact) mass is 550 g/mol. The van der Waals surface area contributed by atoms with Gasteiger partial charge in [-0.1, -0.05) is 103 Å². The number of hydrogen-bond acceptors (Lipinski definition) is 2. The van der Waals surface area contributed by atoms with Crippen LogP contribution in [0.2, 0.25) is 0 Å². The fourth-order valence-electron chi connectivity index (χ4n) is 4.22. The Morgan fingerprint density at radius 3 is 1.62 bits per heavy atom. The van der Waals surface area contributed by atoms with Crippen LogP contribution in [-0.4, -0.2) is 12.6 Å². The van der Waals surface area contributed by atoms with Crippen LogP contribution in [0, 0.1) is 0 Å². The van der Waals surface area contributed by atoms with Gasteiger partial charge in [-0.25, -0.2) is 0 Å². The van der Waals surface area contributed by atoms with Crippen LogP contribution in [0.4, 0.5) is 0 Å². The molecule has 0 fully saturated rings. The zero-order valence-corrected chi connectivity index (χ0v) is 27.1. The zero-order chi connectivity index (χ0) is 29.7. The van der Waals surface area contributed by atoms with E-state index in [1.54, 1.807) is 0 Å². The van der Waals surface area contributed by atoms with Crippen LogP contribution in [0.1, 0.15) is 144 Å². The Kier molecular flexibility index (Phi) is 26.5. The van der Waals surface area contributed by atoms with E-state index in [2.05, 4.69) is 102 Å². The van der Waals surface area contributed by atoms with Gasteiger partial charge in [0.15, 0.2) is 0 Å². The second-order valence-corrected chi connectivity index (χ2v) is 11.3. The smallest absolute Gasteiger partial charge is 0.306 e. The molecule has 0 atom stereocenters. The van der Waals surface area contributed by atoms with Crippen LogP contribution in [0.5, 0.6) is 0 Å². The summed E-state index contributed by atoms with van der Waals surface area (Å²) in [7, 11) is 0. The predicted octanol–water partition coefficient (Wildman–Crippen LogP) is 12.3. The molecule has 0 saturated heterocycles. The van der Waals surface area contributed by atoms with Crippen molar-refractivity contribution in [3.8, 4) is 0 Å². The van der Waals surface area contributed by atoms with Crippen molar-refractivity contribution in [1.29, 1.82) is 0 Å². The van der Waals surface area contributed by atoms with Crippen molar-refractivity contribution >= 4 is 5.97 Å². The van der Waals surface area contributed by atoms with Crippen LogP contribution in [0.15, 0.2) is 83.1 Å². The Hall–Kier alpha value is -2.35. The number of esters is 1. The maximum Gasteiger partial charge on any atom is 0.306 e. The molecule has 40 heavy (non-hydrogen) atoms. The highest BCUT2D eigenvalue weighted by atomic mass is 16.5. The van der Waals surface area contributed by atoms with Gasteiger partial charge in [-0.15, -0.1) is 0 Å². The molecule has 0 aliphatic heterocycles. The third-order valence-corrected chi connectivity index (χ3v) is 6.86. The van der Waals surface area contributed by atoms with E-state index < -0.39 is 0 Å². The maximum absolute atomic E-state index is 12.0. The molecule has 0 unspecified atom stereocenters. The van der Waals surface area contributed by atoms with Crippen LogP contribution in [0.3, 0.4) is 0 Å². The number of hydrogen-bond donors (Lipinski definition) is 0. The van der Waals surface area contributed by atoms with Crippen molar-refractivity contribution in [1.82, 2.24) is 0 Å². The fraction of sp³-hybridized carbons (Fsp3) is 0.605. The highest BCUT2D eigenvalue weighted by Crippen LogP contribution is 2.14. The minimum absolute atomic E-state index is 0.0647. The molecule has 0 amide bonds. The fourth-order valence-corrected chi connectivity index (χ4v) is 4.22. The SMILES string of the molecule is CC/C=C\C/C=C\C/C=C\CCCCCCCC(=O)OC/C=C(\C)CCC=C(C)CC/C=C(\C)CCC=C(C)C. The molecule has 0 radical (unpaired) electrons. The summed E-state index contributed by atoms with van der Waals surface area (Å²) < 4.78 is 5.42. The van der Waals surface area contributed by atoms with Crippen molar-refractivity contribution < 1.29 is 9.53 Å². The van der Waals surface area contributed by atoms with E-state index in [0.717, 1.165) is 77.0 Å². The van der Waals surface area contributed by atoms with Crippen molar-refractivity contribution in [2.75, 3.05) is 6.61 Å². The lowest BCUT2D eigenvalue weighted by Gasteiger charge is -2.04. The summed E-state index contributed by atoms with van der Waals surface area (Å²) in [6, 6.07) is 0. The van der Waals surface area contributed by atoms with E-state index in [4.69, 9.17) is 4.74 Å². The summed E-state index contributed by atoms with van der Waals surface area (Å²) in [4.78, 5) is 12.0. The standard InChI is InChI=1S/C38H62O2/c1-7-8-9-10-11-12-13-14-15-16-17-18-19-20-21-31-38(39)40-33-32-37(6)30-24-29-36(5)28-23-27-35(4)26-22-25-34(2)3/h8-9,11-12,14-15,25,27,29,32H,7,10,13,16-24,26,28,30-31,33H2,1-6H3/b9-8-,12-11-,15-14-,35-27+,36-29?,37-32+. The lowest BCUT2D eigenvalue weighted by atomic mass is 10.0. The molecule has 0 aromatic heterocycles. The number of allylic oxidation sites excluding steroid dienone is 13. The Bertz CT molecular complexity index is 841. The van der Waals surface area contributed by atoms with Crippen molar-refractivity contribution in [2.45, 2.75) is 144 Å². The van der Waals surface area contributed by atoms with Crippen molar-refractivity contribution in [3.63, 3.8) is 0 Å². The van der Waals surface area contributed by atoms with Gasteiger partial charge in [-0.05, 0) is 118 Å². The molecule has 0 aliphatic carbocycles. The Labute approximate surface area is 249 Å². The van der Waals surface area contributed by atoms with E-state index in [-0.39, 0.29) is 5.97 Å². The largest absolute Gasteiger partial charge is 0.461 e. The maximum atomic E-state index is 12.0. The van der Waals surface area contributed by atoms with Gasteiger partial charge in [-0.3, -0.25) is 4.79 Å². The summed E-state index contributed by atoms with van der Waals surface area (Å²) in [6.07, 6.45) is 39.8. The highest BCUT2D eigenvalue weighted by Gasteiger charge is 2.02. The third kappa shape index (κ3) is 28.7. The molecule has 2 heteroatoms. The average Bonchev–Trinajstić information content (AvgIpc) is 2.90. The van der Waals surface area contributed by atoms with E-state index in [9.17, 15) is 4.79 Å². The van der Waals surface area contributed by atoms with E-state index >= 15 is 0 Å². The lowest BCUT2D eigenvalue weighted by Crippen LogP contribution is -2.04. The number of unbranched alkanes of at least 4 members (excludes halogenated alkanes) is 5. The number of carbonyl (C=O) groups excluding carboxylic acids is 1. The first-order valence-electron chi connectivity index (χ1n) is 16.1. The Balaban J connectivity index is 3.77. The molecule has 0 heterocycles. The third-order valence-electron chi connectivity index (χ3n) is 6.86. The molecule has 0 saturated carbocycles. The average molecular weight is 551 g/mol. The first-order chi connectivity index (χ1) is 19.3. The van der Waals surface area contributed by atoms with Crippen molar-refractivity contribution in [3.05, 3.63) is 83.1 Å². The summed E-state index contributed by atoms with van der Waals surface area (Å²) in [6.45, 7) is 13.5. The second kappa shape index (κ2) is 28.2. The van der Waals surface area contributed by atoms with Crippen LogP contribution in [-0.2, 0) is 9.53 Å². The van der Waals surface area contributed by atoms with Crippen LogP contribution in [0.25, 0.3) is 0 Å². The van der Waals surface area contributed by atoms with Crippen LogP contribution < -0.4 is 0 Å². The molecule has 0 bridgehead atoms. The molecule has 0 aromatic carbocycles. The van der Waals surface area contributed by atoms with Gasteiger partial charge in [0.2, 0.25) is 0 Å². The van der Waals surface area contributed by atoms with Crippen molar-refractivity contribution in [2.24, 2.45) is 0 Å². The van der Waals surface area contributed by atoms with Gasteiger partial charge >= 0.3 is 5.97 Å². The predicted molar refractivity (Wildman–Crippen MR) is 179 cm³/mol. The Morgan fingerprint density at radius 1 is 0.525 bits per heavy atom. The quantitative estimate of drug-likeness (QED) is 0.0678. The summed E-state index contributed by atoms with van der Waals surface area (Å²) in [5.41, 5.74) is 5.65. The summed E-state index contributed by atoms with van der Waals surface area (Å²) in [5, 5.41) is 0. The summed E-state index contributed by atoms with van der Waals surface area (Å²) >= 11 is 0. The minimum Gasteiger partial charge on any atom is -0.461 e. The number of carbonyl (C=O) groups is 1. The molecular formula is C38H62O2. The van der Waals surface area contributed by atoms with E-state index in [1.165, 1.54) is 41.6 Å². The molecule has 0 aromatic rings. The van der Waals surface area contributed by atoms with Gasteiger partial charge < -0.3 is 4.74 Å². The van der Waals surface area contributed by atoms with Gasteiger partial charge in [-0.2, -0.15) is 0 Å². The molecule has 0 rings (SSSR count). The normalized spacial score (nSPS) is 13.2. The molecular weight excluding hydrogens is 488 g/mol. The number of ether oxygens (including phenoxy) is 1. The Morgan fingerprint density at radius 2 is 1.02 bits per heavy atom. The molecule has 226 valence electrons. The highest BCUT2D eigenvalue weighted by molar-refractivity contribution is 5.69. The molecule has 0 spiro atoms. The van der Waals surface area contributed by atoms with E-state index in [0.29, 0.717) is 13.0 Å². The first kappa shape index (κ1) is 37.6.